The van der Waals surface area contributed by atoms with Gasteiger partial charge in [0.1, 0.15) is 0 Å². The molecule has 0 bridgehead atoms. The summed E-state index contributed by atoms with van der Waals surface area (Å²) in [6.45, 7) is 5.08. The summed E-state index contributed by atoms with van der Waals surface area (Å²) in [4.78, 5) is 0. The first-order chi connectivity index (χ1) is 13.2. The van der Waals surface area contributed by atoms with Gasteiger partial charge in [-0.1, -0.05) is 39.5 Å². The summed E-state index contributed by atoms with van der Waals surface area (Å²) in [6, 6.07) is 6.57. The van der Waals surface area contributed by atoms with Crippen LogP contribution in [0.1, 0.15) is 52.4 Å². The highest BCUT2D eigenvalue weighted by Crippen LogP contribution is 2.37. The number of fused-ring (bicyclic) bond motifs is 3. The summed E-state index contributed by atoms with van der Waals surface area (Å²) in [5.74, 6) is -0.918. The van der Waals surface area contributed by atoms with Crippen molar-refractivity contribution >= 4 is 21.9 Å². The van der Waals surface area contributed by atoms with E-state index in [1.807, 2.05) is 0 Å². The molecule has 0 amide bonds. The Hall–Kier alpha value is -2.30. The molecule has 0 unspecified atom stereocenters. The Morgan fingerprint density at radius 1 is 0.704 bits per heavy atom. The topological polar surface area (TPSA) is 31.6 Å². The number of benzene rings is 2. The van der Waals surface area contributed by atoms with E-state index in [1.54, 1.807) is 24.3 Å². The van der Waals surface area contributed by atoms with E-state index in [-0.39, 0.29) is 22.7 Å². The molecule has 27 heavy (non-hydrogen) atoms. The molecule has 0 saturated carbocycles. The fourth-order valence-corrected chi connectivity index (χ4v) is 3.09. The molecule has 3 rings (SSSR count). The second-order valence-electron chi connectivity index (χ2n) is 6.72. The Labute approximate surface area is 158 Å². The molecular formula is C22H26F2O3. The van der Waals surface area contributed by atoms with Crippen LogP contribution in [0.3, 0.4) is 0 Å². The number of hydrogen-bond acceptors (Lipinski definition) is 3. The Bertz CT molecular complexity index is 829. The van der Waals surface area contributed by atoms with Crippen molar-refractivity contribution in [2.75, 3.05) is 13.2 Å². The van der Waals surface area contributed by atoms with Crippen LogP contribution in [0.2, 0.25) is 0 Å². The maximum Gasteiger partial charge on any atom is 0.208 e. The molecule has 0 aliphatic carbocycles. The van der Waals surface area contributed by atoms with Crippen LogP contribution in [0.25, 0.3) is 21.9 Å². The Morgan fingerprint density at radius 2 is 1.15 bits per heavy atom. The third-order valence-electron chi connectivity index (χ3n) is 4.63. The molecule has 0 fully saturated rings. The molecule has 2 aromatic carbocycles. The van der Waals surface area contributed by atoms with Crippen molar-refractivity contribution in [3.05, 3.63) is 35.9 Å². The third kappa shape index (κ3) is 4.18. The van der Waals surface area contributed by atoms with Crippen LogP contribution in [0.5, 0.6) is 11.5 Å². The van der Waals surface area contributed by atoms with Crippen LogP contribution >= 0.6 is 0 Å². The Kier molecular flexibility index (Phi) is 6.54. The minimum atomic E-state index is -0.593. The lowest BCUT2D eigenvalue weighted by Crippen LogP contribution is -1.99. The Morgan fingerprint density at radius 3 is 1.56 bits per heavy atom. The van der Waals surface area contributed by atoms with Gasteiger partial charge >= 0.3 is 0 Å². The summed E-state index contributed by atoms with van der Waals surface area (Å²) < 4.78 is 46.1. The molecule has 0 aliphatic rings. The van der Waals surface area contributed by atoms with Gasteiger partial charge in [0.05, 0.1) is 13.2 Å². The molecule has 1 heterocycles. The number of halogens is 2. The lowest BCUT2D eigenvalue weighted by atomic mass is 10.1. The molecular weight excluding hydrogens is 350 g/mol. The molecule has 0 spiro atoms. The van der Waals surface area contributed by atoms with Crippen molar-refractivity contribution in [3.63, 3.8) is 0 Å². The monoisotopic (exact) mass is 376 g/mol. The van der Waals surface area contributed by atoms with Crippen molar-refractivity contribution in [3.8, 4) is 11.5 Å². The number of ether oxygens (including phenoxy) is 2. The van der Waals surface area contributed by atoms with E-state index in [9.17, 15) is 8.78 Å². The van der Waals surface area contributed by atoms with Crippen molar-refractivity contribution in [1.82, 2.24) is 0 Å². The molecule has 3 aromatic rings. The highest BCUT2D eigenvalue weighted by Gasteiger charge is 2.20. The first-order valence-corrected chi connectivity index (χ1v) is 9.76. The maximum absolute atomic E-state index is 14.8. The molecule has 3 nitrogen and oxygen atoms in total. The summed E-state index contributed by atoms with van der Waals surface area (Å²) in [5, 5.41) is 1.06. The van der Waals surface area contributed by atoms with Gasteiger partial charge < -0.3 is 13.9 Å². The summed E-state index contributed by atoms with van der Waals surface area (Å²) >= 11 is 0. The molecule has 0 saturated heterocycles. The number of rotatable bonds is 10. The van der Waals surface area contributed by atoms with E-state index in [1.165, 1.54) is 0 Å². The molecule has 1 aromatic heterocycles. The second-order valence-corrected chi connectivity index (χ2v) is 6.72. The van der Waals surface area contributed by atoms with Crippen LogP contribution in [-0.4, -0.2) is 13.2 Å². The number of unbranched alkanes of at least 4 members (excludes halogenated alkanes) is 4. The molecule has 0 aliphatic heterocycles. The molecule has 0 radical (unpaired) electrons. The lowest BCUT2D eigenvalue weighted by molar-refractivity contribution is 0.290. The number of furan rings is 1. The van der Waals surface area contributed by atoms with E-state index in [0.717, 1.165) is 38.5 Å². The normalized spacial score (nSPS) is 11.4. The first kappa shape index (κ1) is 19.5. The lowest BCUT2D eigenvalue weighted by Gasteiger charge is -2.06. The van der Waals surface area contributed by atoms with Gasteiger partial charge in [-0.05, 0) is 37.1 Å². The van der Waals surface area contributed by atoms with Crippen LogP contribution in [0.4, 0.5) is 8.78 Å². The predicted octanol–water partition coefficient (Wildman–Crippen LogP) is 7.00. The minimum Gasteiger partial charge on any atom is -0.490 e. The summed E-state index contributed by atoms with van der Waals surface area (Å²) in [6.07, 6.45) is 5.91. The van der Waals surface area contributed by atoms with Crippen molar-refractivity contribution in [2.24, 2.45) is 0 Å². The van der Waals surface area contributed by atoms with Crippen LogP contribution < -0.4 is 9.47 Å². The van der Waals surface area contributed by atoms with E-state index in [4.69, 9.17) is 13.9 Å². The smallest absolute Gasteiger partial charge is 0.208 e. The van der Waals surface area contributed by atoms with E-state index in [2.05, 4.69) is 13.8 Å². The second kappa shape index (κ2) is 9.07. The fourth-order valence-electron chi connectivity index (χ4n) is 3.09. The average Bonchev–Trinajstić information content (AvgIpc) is 3.06. The maximum atomic E-state index is 14.8. The Balaban J connectivity index is 1.88. The zero-order valence-electron chi connectivity index (χ0n) is 15.9. The summed E-state index contributed by atoms with van der Waals surface area (Å²) in [7, 11) is 0. The van der Waals surface area contributed by atoms with E-state index < -0.39 is 11.6 Å². The molecule has 0 atom stereocenters. The van der Waals surface area contributed by atoms with Crippen molar-refractivity contribution < 1.29 is 22.7 Å². The zero-order chi connectivity index (χ0) is 19.2. The minimum absolute atomic E-state index is 0.0139. The van der Waals surface area contributed by atoms with E-state index >= 15 is 0 Å². The van der Waals surface area contributed by atoms with Gasteiger partial charge in [-0.3, -0.25) is 0 Å². The van der Waals surface area contributed by atoms with Gasteiger partial charge in [-0.25, -0.2) is 0 Å². The van der Waals surface area contributed by atoms with Crippen LogP contribution in [0.15, 0.2) is 28.7 Å². The van der Waals surface area contributed by atoms with Gasteiger partial charge in [0.2, 0.25) is 11.6 Å². The predicted molar refractivity (Wildman–Crippen MR) is 104 cm³/mol. The largest absolute Gasteiger partial charge is 0.490 e. The fraction of sp³-hybridized carbons (Fsp3) is 0.455. The van der Waals surface area contributed by atoms with Gasteiger partial charge in [-0.2, -0.15) is 8.78 Å². The molecule has 0 N–H and O–H groups in total. The molecule has 5 heteroatoms. The first-order valence-electron chi connectivity index (χ1n) is 9.76. The highest BCUT2D eigenvalue weighted by atomic mass is 19.1. The van der Waals surface area contributed by atoms with Gasteiger partial charge in [0.15, 0.2) is 22.7 Å². The third-order valence-corrected chi connectivity index (χ3v) is 4.63. The average molecular weight is 376 g/mol. The number of hydrogen-bond donors (Lipinski definition) is 0. The van der Waals surface area contributed by atoms with Crippen molar-refractivity contribution in [1.29, 1.82) is 0 Å². The van der Waals surface area contributed by atoms with Crippen molar-refractivity contribution in [2.45, 2.75) is 52.4 Å². The standard InChI is InChI=1S/C22H26F2O3/c1-3-5-7-13-25-17-11-9-15-16-10-12-18(26-14-8-6-4-2)20(24)22(16)27-21(15)19(17)23/h9-12H,3-8,13-14H2,1-2H3. The zero-order valence-corrected chi connectivity index (χ0v) is 15.9. The van der Waals surface area contributed by atoms with Gasteiger partial charge in [-0.15, -0.1) is 0 Å². The van der Waals surface area contributed by atoms with Gasteiger partial charge in [0, 0.05) is 10.8 Å². The van der Waals surface area contributed by atoms with Crippen LogP contribution in [0, 0.1) is 11.6 Å². The van der Waals surface area contributed by atoms with Gasteiger partial charge in [0.25, 0.3) is 0 Å². The quantitative estimate of drug-likeness (QED) is 0.357. The SMILES string of the molecule is CCCCCOc1ccc2c(oc3c(F)c(OCCCCC)ccc32)c1F. The summed E-state index contributed by atoms with van der Waals surface area (Å²) in [5.41, 5.74) is 0.0278. The van der Waals surface area contributed by atoms with E-state index in [0.29, 0.717) is 24.0 Å². The van der Waals surface area contributed by atoms with Crippen LogP contribution in [-0.2, 0) is 0 Å². The molecule has 146 valence electrons. The highest BCUT2D eigenvalue weighted by molar-refractivity contribution is 6.06.